The van der Waals surface area contributed by atoms with Gasteiger partial charge in [-0.2, -0.15) is 5.10 Å². The molecule has 0 radical (unpaired) electrons. The summed E-state index contributed by atoms with van der Waals surface area (Å²) in [4.78, 5) is 25.5. The van der Waals surface area contributed by atoms with Crippen LogP contribution >= 0.6 is 0 Å². The van der Waals surface area contributed by atoms with Crippen molar-refractivity contribution in [1.82, 2.24) is 20.0 Å². The summed E-state index contributed by atoms with van der Waals surface area (Å²) in [5.74, 6) is -0.160. The molecule has 1 aromatic heterocycles. The van der Waals surface area contributed by atoms with Crippen molar-refractivity contribution in [3.05, 3.63) is 17.5 Å². The van der Waals surface area contributed by atoms with E-state index >= 15 is 0 Å². The highest BCUT2D eigenvalue weighted by Gasteiger charge is 2.33. The molecule has 0 atom stereocenters. The number of nitrogens with zero attached hydrogens (tertiary/aromatic N) is 3. The highest BCUT2D eigenvalue weighted by atomic mass is 16.6. The Bertz CT molecular complexity index is 612. The normalized spacial score (nSPS) is 20.2. The van der Waals surface area contributed by atoms with Gasteiger partial charge in [0.05, 0.1) is 24.4 Å². The minimum atomic E-state index is -0.572. The quantitative estimate of drug-likeness (QED) is 0.863. The van der Waals surface area contributed by atoms with Crippen molar-refractivity contribution in [3.8, 4) is 0 Å². The minimum absolute atomic E-state index is 0.00850. The first-order chi connectivity index (χ1) is 11.1. The van der Waals surface area contributed by atoms with E-state index in [9.17, 15) is 14.7 Å². The van der Waals surface area contributed by atoms with Crippen molar-refractivity contribution in [2.45, 2.75) is 57.9 Å². The molecule has 8 nitrogen and oxygen atoms in total. The molecule has 1 aliphatic rings. The zero-order valence-corrected chi connectivity index (χ0v) is 14.9. The lowest BCUT2D eigenvalue weighted by atomic mass is 9.89. The molecule has 0 saturated heterocycles. The van der Waals surface area contributed by atoms with Crippen LogP contribution in [0.3, 0.4) is 0 Å². The Morgan fingerprint density at radius 1 is 1.42 bits per heavy atom. The Labute approximate surface area is 141 Å². The molecule has 2 rings (SSSR count). The third kappa shape index (κ3) is 4.47. The number of alkyl carbamates (subject to hydrolysis) is 1. The van der Waals surface area contributed by atoms with Crippen LogP contribution in [0, 0.1) is 0 Å². The predicted octanol–water partition coefficient (Wildman–Crippen LogP) is 1.31. The molecule has 0 bridgehead atoms. The number of hydrogen-bond donors (Lipinski definition) is 2. The van der Waals surface area contributed by atoms with E-state index in [2.05, 4.69) is 10.4 Å². The van der Waals surface area contributed by atoms with Crippen molar-refractivity contribution in [2.75, 3.05) is 14.1 Å². The van der Waals surface area contributed by atoms with Crippen LogP contribution in [0.2, 0.25) is 0 Å². The maximum atomic E-state index is 12.3. The highest BCUT2D eigenvalue weighted by molar-refractivity contribution is 5.92. The molecule has 2 amide bonds. The molecular weight excluding hydrogens is 312 g/mol. The van der Waals surface area contributed by atoms with Crippen molar-refractivity contribution in [2.24, 2.45) is 0 Å². The van der Waals surface area contributed by atoms with E-state index in [1.165, 1.54) is 4.90 Å². The van der Waals surface area contributed by atoms with Gasteiger partial charge in [-0.15, -0.1) is 0 Å². The van der Waals surface area contributed by atoms with Crippen molar-refractivity contribution < 1.29 is 19.4 Å². The summed E-state index contributed by atoms with van der Waals surface area (Å²) in [6.07, 6.45) is 0.282. The van der Waals surface area contributed by atoms with Gasteiger partial charge in [0.25, 0.3) is 5.91 Å². The average molecular weight is 338 g/mol. The first-order valence-electron chi connectivity index (χ1n) is 8.02. The van der Waals surface area contributed by atoms with E-state index in [1.807, 2.05) is 0 Å². The summed E-state index contributed by atoms with van der Waals surface area (Å²) in [7, 11) is 3.35. The van der Waals surface area contributed by atoms with Crippen molar-refractivity contribution >= 4 is 12.0 Å². The number of amides is 2. The van der Waals surface area contributed by atoms with Crippen LogP contribution in [0.15, 0.2) is 6.07 Å². The molecule has 1 saturated carbocycles. The third-order valence-corrected chi connectivity index (χ3v) is 3.66. The zero-order valence-electron chi connectivity index (χ0n) is 14.9. The van der Waals surface area contributed by atoms with Crippen LogP contribution in [-0.2, 0) is 11.3 Å². The monoisotopic (exact) mass is 338 g/mol. The van der Waals surface area contributed by atoms with E-state index in [4.69, 9.17) is 4.74 Å². The van der Waals surface area contributed by atoms with Gasteiger partial charge in [0.15, 0.2) is 0 Å². The Hall–Kier alpha value is -2.09. The van der Waals surface area contributed by atoms with Crippen LogP contribution in [0.25, 0.3) is 0 Å². The standard InChI is InChI=1S/C16H26N4O4/c1-16(2,3)24-15(23)17-9-10-6-13(14(22)19(4)5)20(18-10)11-7-12(21)8-11/h6,11-12,21H,7-9H2,1-5H3,(H,17,23). The van der Waals surface area contributed by atoms with Gasteiger partial charge in [-0.3, -0.25) is 9.48 Å². The topological polar surface area (TPSA) is 96.7 Å². The van der Waals surface area contributed by atoms with E-state index in [1.54, 1.807) is 45.6 Å². The number of rotatable bonds is 4. The molecule has 1 fully saturated rings. The first kappa shape index (κ1) is 18.3. The number of carbonyl (C=O) groups excluding carboxylic acids is 2. The molecule has 0 unspecified atom stereocenters. The fourth-order valence-corrected chi connectivity index (χ4v) is 2.43. The van der Waals surface area contributed by atoms with Crippen LogP contribution < -0.4 is 5.32 Å². The summed E-state index contributed by atoms with van der Waals surface area (Å²) in [5.41, 5.74) is 0.461. The molecule has 2 N–H and O–H groups in total. The van der Waals surface area contributed by atoms with Crippen LogP contribution in [0.5, 0.6) is 0 Å². The molecule has 24 heavy (non-hydrogen) atoms. The molecule has 134 valence electrons. The number of hydrogen-bond acceptors (Lipinski definition) is 5. The van der Waals surface area contributed by atoms with Gasteiger partial charge < -0.3 is 20.1 Å². The summed E-state index contributed by atoms with van der Waals surface area (Å²) < 4.78 is 6.84. The van der Waals surface area contributed by atoms with E-state index in [0.29, 0.717) is 24.2 Å². The fourth-order valence-electron chi connectivity index (χ4n) is 2.43. The maximum absolute atomic E-state index is 12.3. The Kier molecular flexibility index (Phi) is 5.17. The number of ether oxygens (including phenoxy) is 1. The lowest BCUT2D eigenvalue weighted by Gasteiger charge is -2.32. The second-order valence-corrected chi connectivity index (χ2v) is 7.30. The van der Waals surface area contributed by atoms with Gasteiger partial charge in [0.2, 0.25) is 0 Å². The Morgan fingerprint density at radius 3 is 2.54 bits per heavy atom. The molecule has 0 aromatic carbocycles. The lowest BCUT2D eigenvalue weighted by molar-refractivity contribution is 0.0404. The summed E-state index contributed by atoms with van der Waals surface area (Å²) in [6, 6.07) is 1.68. The zero-order chi connectivity index (χ0) is 18.1. The van der Waals surface area contributed by atoms with Gasteiger partial charge in [-0.05, 0) is 39.7 Å². The second-order valence-electron chi connectivity index (χ2n) is 7.30. The van der Waals surface area contributed by atoms with Gasteiger partial charge in [-0.25, -0.2) is 4.79 Å². The van der Waals surface area contributed by atoms with Crippen LogP contribution in [-0.4, -0.2) is 57.6 Å². The summed E-state index contributed by atoms with van der Waals surface area (Å²) in [6.45, 7) is 5.54. The third-order valence-electron chi connectivity index (χ3n) is 3.66. The summed E-state index contributed by atoms with van der Waals surface area (Å²) >= 11 is 0. The lowest BCUT2D eigenvalue weighted by Crippen LogP contribution is -2.35. The first-order valence-corrected chi connectivity index (χ1v) is 8.02. The van der Waals surface area contributed by atoms with E-state index < -0.39 is 11.7 Å². The Balaban J connectivity index is 2.09. The molecule has 8 heteroatoms. The SMILES string of the molecule is CN(C)C(=O)c1cc(CNC(=O)OC(C)(C)C)nn1C1CC(O)C1. The van der Waals surface area contributed by atoms with Gasteiger partial charge in [0, 0.05) is 14.1 Å². The predicted molar refractivity (Wildman–Crippen MR) is 87.6 cm³/mol. The maximum Gasteiger partial charge on any atom is 0.407 e. The molecule has 1 aromatic rings. The number of nitrogens with one attached hydrogen (secondary N) is 1. The smallest absolute Gasteiger partial charge is 0.407 e. The molecule has 0 spiro atoms. The van der Waals surface area contributed by atoms with Crippen LogP contribution in [0.1, 0.15) is 55.8 Å². The van der Waals surface area contributed by atoms with Gasteiger partial charge >= 0.3 is 6.09 Å². The largest absolute Gasteiger partial charge is 0.444 e. The molecule has 1 aliphatic carbocycles. The van der Waals surface area contributed by atoms with E-state index in [0.717, 1.165) is 0 Å². The van der Waals surface area contributed by atoms with Crippen LogP contribution in [0.4, 0.5) is 4.79 Å². The number of aliphatic hydroxyl groups is 1. The van der Waals surface area contributed by atoms with Gasteiger partial charge in [-0.1, -0.05) is 0 Å². The molecule has 1 heterocycles. The summed E-state index contributed by atoms with van der Waals surface area (Å²) in [5, 5.41) is 16.6. The van der Waals surface area contributed by atoms with E-state index in [-0.39, 0.29) is 24.6 Å². The number of aliphatic hydroxyl groups excluding tert-OH is 1. The Morgan fingerprint density at radius 2 is 2.04 bits per heavy atom. The minimum Gasteiger partial charge on any atom is -0.444 e. The number of aromatic nitrogens is 2. The number of carbonyl (C=O) groups is 2. The highest BCUT2D eigenvalue weighted by Crippen LogP contribution is 2.33. The molecular formula is C16H26N4O4. The second kappa shape index (κ2) is 6.80. The fraction of sp³-hybridized carbons (Fsp3) is 0.688. The van der Waals surface area contributed by atoms with Gasteiger partial charge in [0.1, 0.15) is 11.3 Å². The van der Waals surface area contributed by atoms with Crippen molar-refractivity contribution in [3.63, 3.8) is 0 Å². The average Bonchev–Trinajstić information content (AvgIpc) is 2.82. The molecule has 0 aliphatic heterocycles. The van der Waals surface area contributed by atoms with Crippen molar-refractivity contribution in [1.29, 1.82) is 0 Å².